The summed E-state index contributed by atoms with van der Waals surface area (Å²) in [5.41, 5.74) is 1.24. The molecule has 0 aromatic heterocycles. The first-order chi connectivity index (χ1) is 6.17. The van der Waals surface area contributed by atoms with Gasteiger partial charge >= 0.3 is 0 Å². The summed E-state index contributed by atoms with van der Waals surface area (Å²) in [4.78, 5) is 0. The molecule has 0 spiro atoms. The Bertz CT molecular complexity index is 343. The number of nitrogens with zero attached hydrogens (tertiary/aromatic N) is 1. The standard InChI is InChI=1S/C10H9ClFN/c1-7(5-12)9-2-8(6-13)3-10(11)4-9/h2-4,7H,5H2,1H3. The molecule has 0 bridgehead atoms. The van der Waals surface area contributed by atoms with Gasteiger partial charge in [-0.3, -0.25) is 4.39 Å². The van der Waals surface area contributed by atoms with Crippen LogP contribution >= 0.6 is 11.6 Å². The van der Waals surface area contributed by atoms with Gasteiger partial charge < -0.3 is 0 Å². The van der Waals surface area contributed by atoms with Crippen LogP contribution in [0.15, 0.2) is 18.2 Å². The van der Waals surface area contributed by atoms with E-state index in [9.17, 15) is 4.39 Å². The molecule has 0 aliphatic rings. The highest BCUT2D eigenvalue weighted by Crippen LogP contribution is 2.21. The SMILES string of the molecule is CC(CF)c1cc(Cl)cc(C#N)c1. The third kappa shape index (κ3) is 2.43. The first-order valence-electron chi connectivity index (χ1n) is 3.94. The monoisotopic (exact) mass is 197 g/mol. The van der Waals surface area contributed by atoms with Crippen molar-refractivity contribution in [1.29, 1.82) is 5.26 Å². The number of hydrogen-bond donors (Lipinski definition) is 0. The number of benzene rings is 1. The maximum absolute atomic E-state index is 12.3. The van der Waals surface area contributed by atoms with Crippen LogP contribution in [0.1, 0.15) is 24.0 Å². The van der Waals surface area contributed by atoms with E-state index in [1.54, 1.807) is 25.1 Å². The van der Waals surface area contributed by atoms with Crippen molar-refractivity contribution in [2.24, 2.45) is 0 Å². The molecule has 0 N–H and O–H groups in total. The van der Waals surface area contributed by atoms with Crippen molar-refractivity contribution in [2.75, 3.05) is 6.67 Å². The van der Waals surface area contributed by atoms with E-state index >= 15 is 0 Å². The fourth-order valence-corrected chi connectivity index (χ4v) is 1.29. The van der Waals surface area contributed by atoms with E-state index in [1.807, 2.05) is 6.07 Å². The summed E-state index contributed by atoms with van der Waals surface area (Å²) < 4.78 is 12.3. The zero-order valence-electron chi connectivity index (χ0n) is 7.22. The third-order valence-corrected chi connectivity index (χ3v) is 2.07. The van der Waals surface area contributed by atoms with Crippen molar-refractivity contribution in [3.8, 4) is 6.07 Å². The molecule has 1 nitrogen and oxygen atoms in total. The van der Waals surface area contributed by atoms with Gasteiger partial charge in [-0.1, -0.05) is 18.5 Å². The van der Waals surface area contributed by atoms with E-state index in [0.29, 0.717) is 10.6 Å². The van der Waals surface area contributed by atoms with Crippen LogP contribution in [-0.2, 0) is 0 Å². The lowest BCUT2D eigenvalue weighted by Gasteiger charge is -2.07. The zero-order valence-corrected chi connectivity index (χ0v) is 7.98. The van der Waals surface area contributed by atoms with E-state index in [2.05, 4.69) is 0 Å². The Kier molecular flexibility index (Phi) is 3.27. The van der Waals surface area contributed by atoms with Gasteiger partial charge in [0.15, 0.2) is 0 Å². The topological polar surface area (TPSA) is 23.8 Å². The van der Waals surface area contributed by atoms with Crippen molar-refractivity contribution in [2.45, 2.75) is 12.8 Å². The minimum Gasteiger partial charge on any atom is -0.250 e. The Morgan fingerprint density at radius 2 is 2.23 bits per heavy atom. The van der Waals surface area contributed by atoms with Crippen LogP contribution in [-0.4, -0.2) is 6.67 Å². The summed E-state index contributed by atoms with van der Waals surface area (Å²) in [6, 6.07) is 6.90. The van der Waals surface area contributed by atoms with Gasteiger partial charge in [-0.25, -0.2) is 0 Å². The predicted molar refractivity (Wildman–Crippen MR) is 50.6 cm³/mol. The summed E-state index contributed by atoms with van der Waals surface area (Å²) in [7, 11) is 0. The molecule has 1 aromatic carbocycles. The van der Waals surface area contributed by atoms with Gasteiger partial charge in [0.1, 0.15) is 0 Å². The normalized spacial score (nSPS) is 12.2. The lowest BCUT2D eigenvalue weighted by molar-refractivity contribution is 0.447. The molecule has 0 aliphatic carbocycles. The number of hydrogen-bond acceptors (Lipinski definition) is 1. The molecule has 0 saturated carbocycles. The highest BCUT2D eigenvalue weighted by atomic mass is 35.5. The zero-order chi connectivity index (χ0) is 9.84. The molecule has 0 fully saturated rings. The molecule has 1 unspecified atom stereocenters. The quantitative estimate of drug-likeness (QED) is 0.714. The first kappa shape index (κ1) is 10.0. The van der Waals surface area contributed by atoms with Crippen molar-refractivity contribution >= 4 is 11.6 Å². The molecule has 0 saturated heterocycles. The van der Waals surface area contributed by atoms with Crippen molar-refractivity contribution in [3.05, 3.63) is 34.3 Å². The maximum Gasteiger partial charge on any atom is 0.0992 e. The largest absolute Gasteiger partial charge is 0.250 e. The smallest absolute Gasteiger partial charge is 0.0992 e. The average molecular weight is 198 g/mol. The van der Waals surface area contributed by atoms with Crippen LogP contribution in [0.25, 0.3) is 0 Å². The lowest BCUT2D eigenvalue weighted by atomic mass is 10.0. The van der Waals surface area contributed by atoms with Gasteiger partial charge in [0.05, 0.1) is 18.3 Å². The van der Waals surface area contributed by atoms with Gasteiger partial charge in [-0.05, 0) is 23.8 Å². The Morgan fingerprint density at radius 3 is 2.77 bits per heavy atom. The molecule has 3 heteroatoms. The van der Waals surface area contributed by atoms with Crippen molar-refractivity contribution < 1.29 is 4.39 Å². The molecular weight excluding hydrogens is 189 g/mol. The minimum absolute atomic E-state index is 0.203. The second-order valence-corrected chi connectivity index (χ2v) is 3.38. The summed E-state index contributed by atoms with van der Waals surface area (Å²) in [5, 5.41) is 9.12. The Balaban J connectivity index is 3.10. The fraction of sp³-hybridized carbons (Fsp3) is 0.300. The Morgan fingerprint density at radius 1 is 1.54 bits per heavy atom. The van der Waals surface area contributed by atoms with Gasteiger partial charge in [0.2, 0.25) is 0 Å². The van der Waals surface area contributed by atoms with Crippen LogP contribution in [0, 0.1) is 11.3 Å². The maximum atomic E-state index is 12.3. The molecule has 1 aromatic rings. The second-order valence-electron chi connectivity index (χ2n) is 2.94. The molecule has 13 heavy (non-hydrogen) atoms. The lowest BCUT2D eigenvalue weighted by Crippen LogP contribution is -1.95. The summed E-state index contributed by atoms with van der Waals surface area (Å²) >= 11 is 5.76. The molecule has 0 radical (unpaired) electrons. The molecule has 0 aliphatic heterocycles. The summed E-state index contributed by atoms with van der Waals surface area (Å²) in [6.45, 7) is 1.32. The number of halogens is 2. The molecule has 68 valence electrons. The van der Waals surface area contributed by atoms with Gasteiger partial charge in [-0.2, -0.15) is 5.26 Å². The van der Waals surface area contributed by atoms with Crippen LogP contribution in [0.5, 0.6) is 0 Å². The first-order valence-corrected chi connectivity index (χ1v) is 4.31. The highest BCUT2D eigenvalue weighted by Gasteiger charge is 2.06. The van der Waals surface area contributed by atoms with Gasteiger partial charge in [0.25, 0.3) is 0 Å². The van der Waals surface area contributed by atoms with Gasteiger partial charge in [0, 0.05) is 10.9 Å². The molecule has 0 heterocycles. The Labute approximate surface area is 81.8 Å². The number of alkyl halides is 1. The molecular formula is C10H9ClFN. The van der Waals surface area contributed by atoms with Crippen molar-refractivity contribution in [1.82, 2.24) is 0 Å². The van der Waals surface area contributed by atoms with E-state index < -0.39 is 6.67 Å². The minimum atomic E-state index is -0.439. The third-order valence-electron chi connectivity index (χ3n) is 1.85. The number of rotatable bonds is 2. The van der Waals surface area contributed by atoms with E-state index in [1.165, 1.54) is 0 Å². The predicted octanol–water partition coefficient (Wildman–Crippen LogP) is 3.28. The molecule has 0 amide bonds. The number of nitriles is 1. The fourth-order valence-electron chi connectivity index (χ4n) is 1.05. The summed E-state index contributed by atoms with van der Waals surface area (Å²) in [6.07, 6.45) is 0. The van der Waals surface area contributed by atoms with Crippen molar-refractivity contribution in [3.63, 3.8) is 0 Å². The van der Waals surface area contributed by atoms with E-state index in [4.69, 9.17) is 16.9 Å². The molecule has 1 atom stereocenters. The summed E-state index contributed by atoms with van der Waals surface area (Å²) in [5.74, 6) is -0.203. The Hall–Kier alpha value is -1.07. The molecule has 1 rings (SSSR count). The average Bonchev–Trinajstić information content (AvgIpc) is 2.15. The highest BCUT2D eigenvalue weighted by molar-refractivity contribution is 6.30. The van der Waals surface area contributed by atoms with E-state index in [-0.39, 0.29) is 5.92 Å². The second kappa shape index (κ2) is 4.25. The van der Waals surface area contributed by atoms with E-state index in [0.717, 1.165) is 5.56 Å². The van der Waals surface area contributed by atoms with Crippen LogP contribution in [0.4, 0.5) is 4.39 Å². The van der Waals surface area contributed by atoms with Crippen LogP contribution in [0.2, 0.25) is 5.02 Å². The van der Waals surface area contributed by atoms with Crippen LogP contribution < -0.4 is 0 Å². The van der Waals surface area contributed by atoms with Gasteiger partial charge in [-0.15, -0.1) is 0 Å². The van der Waals surface area contributed by atoms with Crippen LogP contribution in [0.3, 0.4) is 0 Å².